The summed E-state index contributed by atoms with van der Waals surface area (Å²) >= 11 is 1.45. The number of esters is 1. The van der Waals surface area contributed by atoms with E-state index in [9.17, 15) is 14.2 Å². The molecule has 0 aliphatic carbocycles. The molecule has 256 valence electrons. The maximum Gasteiger partial charge on any atom is 0.327 e. The predicted octanol–water partition coefficient (Wildman–Crippen LogP) is 3.65. The van der Waals surface area contributed by atoms with Gasteiger partial charge in [0.15, 0.2) is 0 Å². The lowest BCUT2D eigenvalue weighted by Crippen LogP contribution is -2.47. The number of carbonyl (C=O) groups is 2. The number of hydrogen-bond acceptors (Lipinski definition) is 10. The Morgan fingerprint density at radius 1 is 0.791 bits per heavy atom. The second-order valence-electron chi connectivity index (χ2n) is 10.7. The molecule has 0 heterocycles. The minimum Gasteiger partial charge on any atom is -0.459 e. The molecule has 0 spiro atoms. The minimum atomic E-state index is -4.03. The van der Waals surface area contributed by atoms with Crippen molar-refractivity contribution in [3.05, 3.63) is 0 Å². The van der Waals surface area contributed by atoms with Crippen LogP contribution < -0.4 is 11.1 Å². The minimum absolute atomic E-state index is 0.0251. The molecule has 0 rings (SSSR count). The third-order valence-electron chi connectivity index (χ3n) is 6.24. The molecule has 0 saturated carbocycles. The molecule has 0 unspecified atom stereocenters. The van der Waals surface area contributed by atoms with E-state index in [4.69, 9.17) is 39.2 Å². The molecule has 14 heteroatoms. The van der Waals surface area contributed by atoms with Crippen LogP contribution in [0.2, 0.25) is 0 Å². The standard InChI is InChI=1S/C29H59N2O10PS/c1-4-5-6-7-8-9-10-11-12-13-14-39-22-27(41-26(3)32)23-43-24-28(30)29(33)31-25(2)21-40-18-17-37-15-16-38-19-20-42(34,35)36/h25,27-28H,4-24,30H2,1-3H3,(H,31,33)(H2,34,35,36)/t25-,27+,28-/m0/s1. The van der Waals surface area contributed by atoms with Crippen LogP contribution >= 0.6 is 19.4 Å². The smallest absolute Gasteiger partial charge is 0.327 e. The summed E-state index contributed by atoms with van der Waals surface area (Å²) in [5.74, 6) is 0.223. The van der Waals surface area contributed by atoms with Crippen LogP contribution in [0, 0.1) is 0 Å². The highest BCUT2D eigenvalue weighted by atomic mass is 32.2. The summed E-state index contributed by atoms with van der Waals surface area (Å²) in [6.07, 6.45) is 11.9. The molecule has 5 N–H and O–H groups in total. The molecular weight excluding hydrogens is 599 g/mol. The van der Waals surface area contributed by atoms with E-state index in [1.54, 1.807) is 0 Å². The molecule has 43 heavy (non-hydrogen) atoms. The van der Waals surface area contributed by atoms with Crippen LogP contribution in [-0.2, 0) is 37.8 Å². The fourth-order valence-corrected chi connectivity index (χ4v) is 5.27. The quantitative estimate of drug-likeness (QED) is 0.0484. The maximum atomic E-state index is 12.4. The topological polar surface area (TPSA) is 176 Å². The van der Waals surface area contributed by atoms with Crippen molar-refractivity contribution in [2.45, 2.75) is 103 Å². The van der Waals surface area contributed by atoms with Gasteiger partial charge in [0.1, 0.15) is 6.10 Å². The normalized spacial score (nSPS) is 13.9. The van der Waals surface area contributed by atoms with Crippen molar-refractivity contribution in [1.29, 1.82) is 0 Å². The lowest BCUT2D eigenvalue weighted by atomic mass is 10.1. The number of amides is 1. The number of rotatable bonds is 31. The Kier molecular flexibility index (Phi) is 28.2. The first kappa shape index (κ1) is 42.2. The van der Waals surface area contributed by atoms with Crippen molar-refractivity contribution in [3.8, 4) is 0 Å². The zero-order valence-corrected chi connectivity index (χ0v) is 28.4. The lowest BCUT2D eigenvalue weighted by molar-refractivity contribution is -0.148. The third kappa shape index (κ3) is 31.0. The van der Waals surface area contributed by atoms with E-state index < -0.39 is 13.6 Å². The fraction of sp³-hybridized carbons (Fsp3) is 0.931. The summed E-state index contributed by atoms with van der Waals surface area (Å²) in [6.45, 7) is 7.83. The van der Waals surface area contributed by atoms with Crippen LogP contribution in [0.4, 0.5) is 0 Å². The Bertz CT molecular complexity index is 731. The Labute approximate surface area is 263 Å². The highest BCUT2D eigenvalue weighted by Gasteiger charge is 2.18. The van der Waals surface area contributed by atoms with Crippen molar-refractivity contribution in [1.82, 2.24) is 5.32 Å². The fourth-order valence-electron chi connectivity index (χ4n) is 3.93. The average Bonchev–Trinajstić information content (AvgIpc) is 2.93. The van der Waals surface area contributed by atoms with Crippen LogP contribution in [-0.4, -0.2) is 110 Å². The maximum absolute atomic E-state index is 12.4. The number of ether oxygens (including phenoxy) is 5. The average molecular weight is 659 g/mol. The summed E-state index contributed by atoms with van der Waals surface area (Å²) in [5.41, 5.74) is 6.05. The first-order valence-corrected chi connectivity index (χ1v) is 18.7. The first-order chi connectivity index (χ1) is 20.5. The lowest BCUT2D eigenvalue weighted by Gasteiger charge is -2.19. The van der Waals surface area contributed by atoms with E-state index >= 15 is 0 Å². The SMILES string of the molecule is CCCCCCCCCCCCOC[C@H](CSC[C@H](N)C(=O)N[C@@H](C)COCCOCCOCCP(=O)(O)O)OC(C)=O. The van der Waals surface area contributed by atoms with Crippen LogP contribution in [0.1, 0.15) is 85.0 Å². The Morgan fingerprint density at radius 3 is 1.91 bits per heavy atom. The molecule has 0 aromatic heterocycles. The zero-order valence-electron chi connectivity index (χ0n) is 26.7. The monoisotopic (exact) mass is 658 g/mol. The van der Waals surface area contributed by atoms with Gasteiger partial charge in [0.25, 0.3) is 0 Å². The summed E-state index contributed by atoms with van der Waals surface area (Å²) in [4.78, 5) is 41.4. The van der Waals surface area contributed by atoms with Gasteiger partial charge in [0.2, 0.25) is 5.91 Å². The predicted molar refractivity (Wildman–Crippen MR) is 170 cm³/mol. The molecule has 3 atom stereocenters. The Balaban J connectivity index is 3.89. The molecule has 0 saturated heterocycles. The van der Waals surface area contributed by atoms with Gasteiger partial charge in [0, 0.05) is 31.1 Å². The van der Waals surface area contributed by atoms with E-state index in [0.717, 1.165) is 12.8 Å². The number of hydrogen-bond donors (Lipinski definition) is 4. The molecule has 0 bridgehead atoms. The number of nitrogens with one attached hydrogen (secondary N) is 1. The molecule has 0 radical (unpaired) electrons. The molecule has 0 aromatic rings. The van der Waals surface area contributed by atoms with Gasteiger partial charge in [-0.3, -0.25) is 14.2 Å². The molecular formula is C29H59N2O10PS. The first-order valence-electron chi connectivity index (χ1n) is 15.7. The molecule has 0 aromatic carbocycles. The van der Waals surface area contributed by atoms with Gasteiger partial charge in [-0.1, -0.05) is 64.7 Å². The largest absolute Gasteiger partial charge is 0.459 e. The summed E-state index contributed by atoms with van der Waals surface area (Å²) in [6, 6.07) is -0.959. The molecule has 1 amide bonds. The molecule has 0 aliphatic heterocycles. The molecule has 0 aliphatic rings. The van der Waals surface area contributed by atoms with Gasteiger partial charge in [0.05, 0.1) is 58.5 Å². The zero-order chi connectivity index (χ0) is 32.2. The number of unbranched alkanes of at least 4 members (excludes halogenated alkanes) is 9. The van der Waals surface area contributed by atoms with Crippen molar-refractivity contribution in [3.63, 3.8) is 0 Å². The number of carbonyl (C=O) groups excluding carboxylic acids is 2. The van der Waals surface area contributed by atoms with Crippen molar-refractivity contribution in [2.75, 3.05) is 70.5 Å². The van der Waals surface area contributed by atoms with Crippen molar-refractivity contribution >= 4 is 31.2 Å². The van der Waals surface area contributed by atoms with E-state index in [1.807, 2.05) is 6.92 Å². The Hall–Kier alpha value is -0.760. The Morgan fingerprint density at radius 2 is 1.33 bits per heavy atom. The molecule has 0 fully saturated rings. The van der Waals surface area contributed by atoms with Gasteiger partial charge in [-0.2, -0.15) is 11.8 Å². The van der Waals surface area contributed by atoms with Gasteiger partial charge >= 0.3 is 13.6 Å². The van der Waals surface area contributed by atoms with Gasteiger partial charge in [-0.15, -0.1) is 0 Å². The van der Waals surface area contributed by atoms with E-state index in [-0.39, 0.29) is 50.0 Å². The van der Waals surface area contributed by atoms with Crippen molar-refractivity contribution < 1.29 is 47.6 Å². The number of nitrogens with two attached hydrogens (primary N) is 1. The second-order valence-corrected chi connectivity index (χ2v) is 13.6. The highest BCUT2D eigenvalue weighted by Crippen LogP contribution is 2.33. The van der Waals surface area contributed by atoms with Gasteiger partial charge in [-0.05, 0) is 13.3 Å². The second kappa shape index (κ2) is 28.7. The summed E-state index contributed by atoms with van der Waals surface area (Å²) in [7, 11) is -4.03. The van der Waals surface area contributed by atoms with E-state index in [1.165, 1.54) is 70.1 Å². The highest BCUT2D eigenvalue weighted by molar-refractivity contribution is 7.99. The van der Waals surface area contributed by atoms with E-state index in [2.05, 4.69) is 12.2 Å². The van der Waals surface area contributed by atoms with E-state index in [0.29, 0.717) is 44.5 Å². The molecule has 12 nitrogen and oxygen atoms in total. The summed E-state index contributed by atoms with van der Waals surface area (Å²) < 4.78 is 37.8. The van der Waals surface area contributed by atoms with Crippen molar-refractivity contribution in [2.24, 2.45) is 5.73 Å². The van der Waals surface area contributed by atoms with Crippen LogP contribution in [0.15, 0.2) is 0 Å². The van der Waals surface area contributed by atoms with Crippen LogP contribution in [0.25, 0.3) is 0 Å². The number of thioether (sulfide) groups is 1. The van der Waals surface area contributed by atoms with Crippen LogP contribution in [0.5, 0.6) is 0 Å². The van der Waals surface area contributed by atoms with Gasteiger partial charge < -0.3 is 44.5 Å². The van der Waals surface area contributed by atoms with Crippen LogP contribution in [0.3, 0.4) is 0 Å². The summed E-state index contributed by atoms with van der Waals surface area (Å²) in [5, 5.41) is 2.83. The van der Waals surface area contributed by atoms with Gasteiger partial charge in [-0.25, -0.2) is 0 Å². The third-order valence-corrected chi connectivity index (χ3v) is 8.21.